The van der Waals surface area contributed by atoms with Crippen molar-refractivity contribution in [3.8, 4) is 11.4 Å². The minimum Gasteiger partial charge on any atom is -0.494 e. The summed E-state index contributed by atoms with van der Waals surface area (Å²) in [6.45, 7) is 13.2. The molecular weight excluding hydrogens is 346 g/mol. The molecule has 0 N–H and O–H groups in total. The van der Waals surface area contributed by atoms with Crippen LogP contribution in [-0.4, -0.2) is 22.1 Å². The van der Waals surface area contributed by atoms with Crippen LogP contribution in [0.3, 0.4) is 0 Å². The maximum Gasteiger partial charge on any atom is 0.150 e. The largest absolute Gasteiger partial charge is 0.494 e. The molecule has 0 saturated heterocycles. The van der Waals surface area contributed by atoms with E-state index < -0.39 is 0 Å². The number of methoxy groups -OCH3 is 1. The van der Waals surface area contributed by atoms with E-state index in [0.29, 0.717) is 5.02 Å². The quantitative estimate of drug-likeness (QED) is 0.582. The van der Waals surface area contributed by atoms with Crippen molar-refractivity contribution in [2.75, 3.05) is 7.11 Å². The highest BCUT2D eigenvalue weighted by atomic mass is 35.5. The minimum atomic E-state index is -0.0722. The average molecular weight is 372 g/mol. The van der Waals surface area contributed by atoms with Gasteiger partial charge < -0.3 is 4.74 Å². The second-order valence-electron chi connectivity index (χ2n) is 8.70. The highest BCUT2D eigenvalue weighted by molar-refractivity contribution is 6.31. The van der Waals surface area contributed by atoms with Gasteiger partial charge in [0.1, 0.15) is 22.5 Å². The molecule has 0 fully saturated rings. The van der Waals surface area contributed by atoms with Crippen molar-refractivity contribution >= 4 is 22.6 Å². The number of aromatic nitrogens is 3. The van der Waals surface area contributed by atoms with Gasteiger partial charge in [0.15, 0.2) is 0 Å². The zero-order valence-electron chi connectivity index (χ0n) is 16.5. The molecule has 0 radical (unpaired) electrons. The summed E-state index contributed by atoms with van der Waals surface area (Å²) < 4.78 is 5.82. The zero-order valence-corrected chi connectivity index (χ0v) is 17.3. The van der Waals surface area contributed by atoms with E-state index in [-0.39, 0.29) is 10.8 Å². The first-order valence-corrected chi connectivity index (χ1v) is 9.14. The van der Waals surface area contributed by atoms with Crippen LogP contribution >= 0.6 is 11.6 Å². The molecule has 1 aromatic heterocycles. The van der Waals surface area contributed by atoms with E-state index >= 15 is 0 Å². The highest BCUT2D eigenvalue weighted by Gasteiger charge is 2.27. The van der Waals surface area contributed by atoms with Gasteiger partial charge in [-0.15, -0.1) is 15.0 Å². The molecule has 2 aromatic carbocycles. The molecule has 1 heterocycles. The second-order valence-corrected chi connectivity index (χ2v) is 9.14. The number of rotatable bonds is 2. The van der Waals surface area contributed by atoms with Gasteiger partial charge in [0.25, 0.3) is 0 Å². The smallest absolute Gasteiger partial charge is 0.150 e. The molecule has 0 aliphatic carbocycles. The highest BCUT2D eigenvalue weighted by Crippen LogP contribution is 2.39. The van der Waals surface area contributed by atoms with Crippen LogP contribution in [0.4, 0.5) is 0 Å². The third kappa shape index (κ3) is 3.43. The zero-order chi connectivity index (χ0) is 19.3. The summed E-state index contributed by atoms with van der Waals surface area (Å²) in [6.07, 6.45) is 0. The van der Waals surface area contributed by atoms with E-state index in [2.05, 4.69) is 63.9 Å². The summed E-state index contributed by atoms with van der Waals surface area (Å²) in [7, 11) is 1.70. The molecule has 0 atom stereocenters. The lowest BCUT2D eigenvalue weighted by Crippen LogP contribution is -2.19. The molecule has 4 nitrogen and oxygen atoms in total. The molecular formula is C21H26ClN3O. The fraction of sp³-hybridized carbons (Fsp3) is 0.429. The van der Waals surface area contributed by atoms with Gasteiger partial charge in [-0.25, -0.2) is 0 Å². The number of halogens is 1. The lowest BCUT2D eigenvalue weighted by atomic mass is 9.79. The standard InChI is InChI=1S/C21H26ClN3O/c1-20(2,3)13-10-15(21(4,5)6)19(26-7)18(11-13)25-23-16-9-8-14(22)12-17(16)24-25/h8-12H,1-7H3. The number of hydrogen-bond donors (Lipinski definition) is 0. The van der Waals surface area contributed by atoms with Crippen LogP contribution in [0.2, 0.25) is 5.02 Å². The number of hydrogen-bond acceptors (Lipinski definition) is 3. The fourth-order valence-corrected chi connectivity index (χ4v) is 3.13. The average Bonchev–Trinajstić information content (AvgIpc) is 2.94. The van der Waals surface area contributed by atoms with E-state index in [9.17, 15) is 0 Å². The monoisotopic (exact) mass is 371 g/mol. The Morgan fingerprint density at radius 1 is 0.885 bits per heavy atom. The molecule has 0 bridgehead atoms. The topological polar surface area (TPSA) is 39.9 Å². The predicted octanol–water partition coefficient (Wildman–Crippen LogP) is 5.68. The first-order chi connectivity index (χ1) is 12.0. The maximum atomic E-state index is 6.10. The van der Waals surface area contributed by atoms with Gasteiger partial charge in [0.05, 0.1) is 7.11 Å². The van der Waals surface area contributed by atoms with Crippen LogP contribution in [0.1, 0.15) is 52.7 Å². The van der Waals surface area contributed by atoms with Crippen LogP contribution in [0.5, 0.6) is 5.75 Å². The van der Waals surface area contributed by atoms with E-state index in [1.54, 1.807) is 11.9 Å². The van der Waals surface area contributed by atoms with Crippen molar-refractivity contribution in [2.24, 2.45) is 0 Å². The lowest BCUT2D eigenvalue weighted by molar-refractivity contribution is 0.392. The van der Waals surface area contributed by atoms with Crippen LogP contribution in [0, 0.1) is 0 Å². The Kier molecular flexibility index (Phi) is 4.51. The lowest BCUT2D eigenvalue weighted by Gasteiger charge is -2.28. The van der Waals surface area contributed by atoms with Crippen molar-refractivity contribution < 1.29 is 4.74 Å². The third-order valence-electron chi connectivity index (χ3n) is 4.51. The molecule has 0 unspecified atom stereocenters. The summed E-state index contributed by atoms with van der Waals surface area (Å²) in [5.74, 6) is 0.803. The minimum absolute atomic E-state index is 0.00307. The Bertz CT molecular complexity index is 962. The van der Waals surface area contributed by atoms with Gasteiger partial charge in [-0.1, -0.05) is 59.2 Å². The van der Waals surface area contributed by atoms with Crippen molar-refractivity contribution in [3.05, 3.63) is 46.5 Å². The Morgan fingerprint density at radius 2 is 1.54 bits per heavy atom. The Labute approximate surface area is 160 Å². The number of nitrogens with zero attached hydrogens (tertiary/aromatic N) is 3. The van der Waals surface area contributed by atoms with Crippen molar-refractivity contribution in [1.82, 2.24) is 15.0 Å². The Balaban J connectivity index is 2.33. The molecule has 5 heteroatoms. The number of ether oxygens (including phenoxy) is 1. The van der Waals surface area contributed by atoms with Crippen molar-refractivity contribution in [1.29, 1.82) is 0 Å². The molecule has 3 aromatic rings. The molecule has 0 aliphatic rings. The summed E-state index contributed by atoms with van der Waals surface area (Å²) in [6, 6.07) is 9.89. The maximum absolute atomic E-state index is 6.10. The van der Waals surface area contributed by atoms with Crippen LogP contribution in [0.25, 0.3) is 16.7 Å². The number of fused-ring (bicyclic) bond motifs is 1. The molecule has 0 amide bonds. The van der Waals surface area contributed by atoms with E-state index in [4.69, 9.17) is 16.3 Å². The third-order valence-corrected chi connectivity index (χ3v) is 4.74. The summed E-state index contributed by atoms with van der Waals surface area (Å²) >= 11 is 6.10. The fourth-order valence-electron chi connectivity index (χ4n) is 2.96. The molecule has 26 heavy (non-hydrogen) atoms. The predicted molar refractivity (Wildman–Crippen MR) is 108 cm³/mol. The second kappa shape index (κ2) is 6.27. The summed E-state index contributed by atoms with van der Waals surface area (Å²) in [5.41, 5.74) is 4.69. The Morgan fingerprint density at radius 3 is 2.12 bits per heavy atom. The van der Waals surface area contributed by atoms with E-state index in [1.807, 2.05) is 18.2 Å². The van der Waals surface area contributed by atoms with Crippen LogP contribution in [-0.2, 0) is 10.8 Å². The van der Waals surface area contributed by atoms with Gasteiger partial charge in [-0.2, -0.15) is 0 Å². The van der Waals surface area contributed by atoms with Crippen LogP contribution < -0.4 is 4.74 Å². The van der Waals surface area contributed by atoms with Gasteiger partial charge >= 0.3 is 0 Å². The molecule has 0 saturated carbocycles. The first kappa shape index (κ1) is 18.7. The number of benzene rings is 2. The van der Waals surface area contributed by atoms with E-state index in [1.165, 1.54) is 5.56 Å². The Hall–Kier alpha value is -2.07. The summed E-state index contributed by atoms with van der Waals surface area (Å²) in [4.78, 5) is 1.66. The van der Waals surface area contributed by atoms with Gasteiger partial charge in [0.2, 0.25) is 0 Å². The van der Waals surface area contributed by atoms with Crippen molar-refractivity contribution in [3.63, 3.8) is 0 Å². The molecule has 138 valence electrons. The molecule has 0 aliphatic heterocycles. The van der Waals surface area contributed by atoms with E-state index in [0.717, 1.165) is 28.0 Å². The van der Waals surface area contributed by atoms with Crippen molar-refractivity contribution in [2.45, 2.75) is 52.4 Å². The normalized spacial score (nSPS) is 12.6. The van der Waals surface area contributed by atoms with Gasteiger partial charge in [-0.3, -0.25) is 0 Å². The SMILES string of the molecule is COc1c(-n2nc3ccc(Cl)cc3n2)cc(C(C)(C)C)cc1C(C)(C)C. The first-order valence-electron chi connectivity index (χ1n) is 8.76. The summed E-state index contributed by atoms with van der Waals surface area (Å²) in [5, 5.41) is 9.93. The van der Waals surface area contributed by atoms with Gasteiger partial charge in [-0.05, 0) is 40.7 Å². The molecule has 3 rings (SSSR count). The van der Waals surface area contributed by atoms with Gasteiger partial charge in [0, 0.05) is 10.6 Å². The molecule has 0 spiro atoms. The van der Waals surface area contributed by atoms with Crippen LogP contribution in [0.15, 0.2) is 30.3 Å².